The van der Waals surface area contributed by atoms with Crippen LogP contribution in [0.25, 0.3) is 0 Å². The Morgan fingerprint density at radius 3 is 2.56 bits per heavy atom. The fraction of sp³-hybridized carbons (Fsp3) is 0.273. The summed E-state index contributed by atoms with van der Waals surface area (Å²) in [5.41, 5.74) is 0.968. The van der Waals surface area contributed by atoms with Crippen molar-refractivity contribution in [2.75, 3.05) is 0 Å². The normalized spacial score (nSPS) is 12.6. The first kappa shape index (κ1) is 10.6. The van der Waals surface area contributed by atoms with E-state index < -0.39 is 6.10 Å². The molecule has 5 nitrogen and oxygen atoms in total. The Bertz CT molecular complexity index is 462. The molecule has 0 spiro atoms. The molecule has 0 saturated carbocycles. The summed E-state index contributed by atoms with van der Waals surface area (Å²) in [7, 11) is 0. The van der Waals surface area contributed by atoms with E-state index in [-0.39, 0.29) is 11.6 Å². The summed E-state index contributed by atoms with van der Waals surface area (Å²) < 4.78 is 4.86. The third-order valence-corrected chi connectivity index (χ3v) is 2.14. The van der Waals surface area contributed by atoms with E-state index in [1.54, 1.807) is 31.2 Å². The molecule has 16 heavy (non-hydrogen) atoms. The van der Waals surface area contributed by atoms with Gasteiger partial charge in [0.25, 0.3) is 5.89 Å². The number of nitrogens with zero attached hydrogens (tertiary/aromatic N) is 2. The molecule has 5 heteroatoms. The van der Waals surface area contributed by atoms with Crippen LogP contribution in [0.5, 0.6) is 5.75 Å². The molecule has 0 fully saturated rings. The topological polar surface area (TPSA) is 79.4 Å². The molecule has 1 atom stereocenters. The van der Waals surface area contributed by atoms with Crippen LogP contribution in [0.2, 0.25) is 0 Å². The van der Waals surface area contributed by atoms with Crippen molar-refractivity contribution in [1.82, 2.24) is 10.1 Å². The van der Waals surface area contributed by atoms with Crippen LogP contribution in [0.3, 0.4) is 0 Å². The predicted octanol–water partition coefficient (Wildman–Crippen LogP) is 1.42. The van der Waals surface area contributed by atoms with E-state index in [0.717, 1.165) is 5.56 Å². The number of hydrogen-bond donors (Lipinski definition) is 2. The van der Waals surface area contributed by atoms with E-state index in [1.165, 1.54) is 0 Å². The van der Waals surface area contributed by atoms with Gasteiger partial charge in [-0.2, -0.15) is 4.98 Å². The maximum atomic E-state index is 9.21. The summed E-state index contributed by atoms with van der Waals surface area (Å²) >= 11 is 0. The fourth-order valence-corrected chi connectivity index (χ4v) is 1.31. The highest BCUT2D eigenvalue weighted by molar-refractivity contribution is 5.27. The van der Waals surface area contributed by atoms with Crippen molar-refractivity contribution < 1.29 is 14.7 Å². The van der Waals surface area contributed by atoms with Crippen LogP contribution in [0.15, 0.2) is 28.8 Å². The third-order valence-electron chi connectivity index (χ3n) is 2.14. The highest BCUT2D eigenvalue weighted by atomic mass is 16.5. The highest BCUT2D eigenvalue weighted by Crippen LogP contribution is 2.14. The molecule has 2 aromatic rings. The maximum Gasteiger partial charge on any atom is 0.255 e. The molecule has 0 aliphatic heterocycles. The van der Waals surface area contributed by atoms with Gasteiger partial charge in [0.1, 0.15) is 11.9 Å². The molecule has 1 heterocycles. The Morgan fingerprint density at radius 2 is 2.00 bits per heavy atom. The van der Waals surface area contributed by atoms with Crippen LogP contribution in [0, 0.1) is 0 Å². The number of aliphatic hydroxyl groups excluding tert-OH is 1. The summed E-state index contributed by atoms with van der Waals surface area (Å²) in [6.07, 6.45) is -0.239. The molecule has 2 N–H and O–H groups in total. The van der Waals surface area contributed by atoms with E-state index in [0.29, 0.717) is 12.2 Å². The van der Waals surface area contributed by atoms with Gasteiger partial charge in [0.05, 0.1) is 0 Å². The summed E-state index contributed by atoms with van der Waals surface area (Å²) in [5.74, 6) is 0.955. The number of rotatable bonds is 3. The van der Waals surface area contributed by atoms with Crippen LogP contribution >= 0.6 is 0 Å². The molecule has 0 radical (unpaired) electrons. The summed E-state index contributed by atoms with van der Waals surface area (Å²) in [4.78, 5) is 4.04. The quantitative estimate of drug-likeness (QED) is 0.817. The van der Waals surface area contributed by atoms with Crippen molar-refractivity contribution in [3.63, 3.8) is 0 Å². The zero-order valence-corrected chi connectivity index (χ0v) is 8.79. The average molecular weight is 220 g/mol. The average Bonchev–Trinajstić information content (AvgIpc) is 2.70. The Hall–Kier alpha value is -1.88. The van der Waals surface area contributed by atoms with Crippen LogP contribution in [-0.2, 0) is 6.42 Å². The lowest BCUT2D eigenvalue weighted by atomic mass is 10.1. The largest absolute Gasteiger partial charge is 0.508 e. The Kier molecular flexibility index (Phi) is 2.87. The van der Waals surface area contributed by atoms with E-state index in [4.69, 9.17) is 9.63 Å². The Labute approximate surface area is 92.4 Å². The number of aromatic hydroxyl groups is 1. The van der Waals surface area contributed by atoms with Gasteiger partial charge in [0.2, 0.25) is 0 Å². The second-order valence-electron chi connectivity index (χ2n) is 3.57. The molecule has 1 unspecified atom stereocenters. The number of aliphatic hydroxyl groups is 1. The lowest BCUT2D eigenvalue weighted by Gasteiger charge is -1.96. The minimum absolute atomic E-state index is 0.216. The Morgan fingerprint density at radius 1 is 1.31 bits per heavy atom. The lowest BCUT2D eigenvalue weighted by Crippen LogP contribution is -1.93. The molecule has 0 aliphatic carbocycles. The van der Waals surface area contributed by atoms with Crippen LogP contribution < -0.4 is 0 Å². The fourth-order valence-electron chi connectivity index (χ4n) is 1.31. The number of phenolic OH excluding ortho intramolecular Hbond substituents is 1. The molecule has 2 rings (SSSR count). The van der Waals surface area contributed by atoms with Crippen LogP contribution in [0.4, 0.5) is 0 Å². The van der Waals surface area contributed by atoms with Gasteiger partial charge in [-0.25, -0.2) is 0 Å². The monoisotopic (exact) mass is 220 g/mol. The second kappa shape index (κ2) is 4.32. The molecule has 84 valence electrons. The van der Waals surface area contributed by atoms with Crippen molar-refractivity contribution in [2.45, 2.75) is 19.4 Å². The molecule has 0 bridgehead atoms. The van der Waals surface area contributed by atoms with Gasteiger partial charge in [-0.15, -0.1) is 0 Å². The molecule has 1 aromatic heterocycles. The van der Waals surface area contributed by atoms with E-state index >= 15 is 0 Å². The first-order valence-electron chi connectivity index (χ1n) is 4.93. The number of hydrogen-bond acceptors (Lipinski definition) is 5. The SMILES string of the molecule is CC(O)c1nc(Cc2ccc(O)cc2)no1. The minimum atomic E-state index is -0.749. The summed E-state index contributed by atoms with van der Waals surface area (Å²) in [6, 6.07) is 6.78. The van der Waals surface area contributed by atoms with Crippen molar-refractivity contribution in [1.29, 1.82) is 0 Å². The third kappa shape index (κ3) is 2.38. The van der Waals surface area contributed by atoms with Crippen LogP contribution in [0.1, 0.15) is 30.3 Å². The van der Waals surface area contributed by atoms with Gasteiger partial charge in [-0.3, -0.25) is 0 Å². The predicted molar refractivity (Wildman–Crippen MR) is 55.8 cm³/mol. The standard InChI is InChI=1S/C11H12N2O3/c1-7(14)11-12-10(13-16-11)6-8-2-4-9(15)5-3-8/h2-5,7,14-15H,6H2,1H3. The van der Waals surface area contributed by atoms with E-state index in [2.05, 4.69) is 10.1 Å². The first-order valence-corrected chi connectivity index (χ1v) is 4.93. The number of phenols is 1. The van der Waals surface area contributed by atoms with Gasteiger partial charge in [-0.05, 0) is 24.6 Å². The van der Waals surface area contributed by atoms with Crippen LogP contribution in [-0.4, -0.2) is 20.4 Å². The molecule has 0 aliphatic rings. The van der Waals surface area contributed by atoms with Gasteiger partial charge in [0.15, 0.2) is 5.82 Å². The smallest absolute Gasteiger partial charge is 0.255 e. The summed E-state index contributed by atoms with van der Waals surface area (Å²) in [6.45, 7) is 1.57. The van der Waals surface area contributed by atoms with Crippen molar-refractivity contribution in [3.05, 3.63) is 41.5 Å². The maximum absolute atomic E-state index is 9.21. The molecular formula is C11H12N2O3. The van der Waals surface area contributed by atoms with Crippen molar-refractivity contribution in [2.24, 2.45) is 0 Å². The van der Waals surface area contributed by atoms with E-state index in [1.807, 2.05) is 0 Å². The van der Waals surface area contributed by atoms with Gasteiger partial charge in [-0.1, -0.05) is 17.3 Å². The first-order chi connectivity index (χ1) is 7.65. The zero-order chi connectivity index (χ0) is 11.5. The molecular weight excluding hydrogens is 208 g/mol. The minimum Gasteiger partial charge on any atom is -0.508 e. The zero-order valence-electron chi connectivity index (χ0n) is 8.79. The Balaban J connectivity index is 2.11. The van der Waals surface area contributed by atoms with E-state index in [9.17, 15) is 5.11 Å². The van der Waals surface area contributed by atoms with Crippen molar-refractivity contribution in [3.8, 4) is 5.75 Å². The number of aromatic nitrogens is 2. The van der Waals surface area contributed by atoms with Gasteiger partial charge >= 0.3 is 0 Å². The second-order valence-corrected chi connectivity index (χ2v) is 3.57. The molecule has 0 saturated heterocycles. The van der Waals surface area contributed by atoms with Crippen molar-refractivity contribution >= 4 is 0 Å². The van der Waals surface area contributed by atoms with Gasteiger partial charge in [0, 0.05) is 6.42 Å². The van der Waals surface area contributed by atoms with Gasteiger partial charge < -0.3 is 14.7 Å². The molecule has 1 aromatic carbocycles. The molecule has 0 amide bonds. The summed E-state index contributed by atoms with van der Waals surface area (Å²) in [5, 5.41) is 22.1. The number of benzene rings is 1. The lowest BCUT2D eigenvalue weighted by molar-refractivity contribution is 0.151. The highest BCUT2D eigenvalue weighted by Gasteiger charge is 2.11.